The number of sulfonamides is 1. The Kier molecular flexibility index (Phi) is 5.96. The lowest BCUT2D eigenvalue weighted by molar-refractivity contribution is 0.560. The highest BCUT2D eigenvalue weighted by atomic mass is 32.2. The van der Waals surface area contributed by atoms with E-state index < -0.39 is 10.0 Å². The van der Waals surface area contributed by atoms with E-state index in [1.165, 1.54) is 0 Å². The van der Waals surface area contributed by atoms with Crippen LogP contribution in [0, 0.1) is 6.92 Å². The SMILES string of the molecule is Cc1cc(N2C(=S)N[C@@H](c3ccccn3)[C@@H]2c2ccn(C(C)C)c2)ccc1NS(C)(=O)=O. The number of nitrogens with zero attached hydrogens (tertiary/aromatic N) is 3. The highest BCUT2D eigenvalue weighted by Crippen LogP contribution is 2.42. The molecule has 1 saturated heterocycles. The van der Waals surface area contributed by atoms with Gasteiger partial charge in [-0.2, -0.15) is 0 Å². The van der Waals surface area contributed by atoms with Crippen LogP contribution < -0.4 is 14.9 Å². The second-order valence-corrected chi connectivity index (χ2v) is 10.5. The summed E-state index contributed by atoms with van der Waals surface area (Å²) in [6, 6.07) is 13.7. The lowest BCUT2D eigenvalue weighted by atomic mass is 9.98. The van der Waals surface area contributed by atoms with Gasteiger partial charge < -0.3 is 14.8 Å². The summed E-state index contributed by atoms with van der Waals surface area (Å²) in [5.41, 5.74) is 4.29. The van der Waals surface area contributed by atoms with E-state index in [-0.39, 0.29) is 12.1 Å². The first-order valence-electron chi connectivity index (χ1n) is 10.4. The first-order valence-corrected chi connectivity index (χ1v) is 12.7. The molecule has 2 atom stereocenters. The number of pyridine rings is 1. The first-order chi connectivity index (χ1) is 15.1. The number of anilines is 2. The van der Waals surface area contributed by atoms with E-state index in [1.807, 2.05) is 37.3 Å². The van der Waals surface area contributed by atoms with Gasteiger partial charge >= 0.3 is 0 Å². The molecule has 0 aliphatic carbocycles. The van der Waals surface area contributed by atoms with Crippen molar-refractivity contribution in [1.82, 2.24) is 14.9 Å². The third-order valence-corrected chi connectivity index (χ3v) is 6.46. The minimum atomic E-state index is -3.36. The zero-order valence-electron chi connectivity index (χ0n) is 18.5. The quantitative estimate of drug-likeness (QED) is 0.524. The first kappa shape index (κ1) is 22.3. The Hall–Kier alpha value is -2.91. The topological polar surface area (TPSA) is 79.3 Å². The van der Waals surface area contributed by atoms with E-state index >= 15 is 0 Å². The maximum atomic E-state index is 11.7. The summed E-state index contributed by atoms with van der Waals surface area (Å²) >= 11 is 5.77. The highest BCUT2D eigenvalue weighted by molar-refractivity contribution is 7.92. The summed E-state index contributed by atoms with van der Waals surface area (Å²) < 4.78 is 28.1. The van der Waals surface area contributed by atoms with Crippen molar-refractivity contribution in [2.45, 2.75) is 38.9 Å². The largest absolute Gasteiger partial charge is 0.351 e. The molecule has 2 aromatic heterocycles. The standard InChI is InChI=1S/C23H27N5O2S2/c1-15(2)27-12-10-17(14-27)22-21(20-7-5-6-11-24-20)25-23(31)28(22)18-8-9-19(16(3)13-18)26-32(4,29)30/h5-15,21-22,26H,1-4H3,(H,25,31)/t21-,22-/m0/s1. The average molecular weight is 470 g/mol. The van der Waals surface area contributed by atoms with Gasteiger partial charge in [-0.15, -0.1) is 0 Å². The summed E-state index contributed by atoms with van der Waals surface area (Å²) in [5.74, 6) is 0. The van der Waals surface area contributed by atoms with Gasteiger partial charge in [-0.05, 0) is 80.5 Å². The number of benzene rings is 1. The van der Waals surface area contributed by atoms with E-state index in [0.29, 0.717) is 16.8 Å². The van der Waals surface area contributed by atoms with E-state index in [9.17, 15) is 8.42 Å². The zero-order chi connectivity index (χ0) is 23.0. The second kappa shape index (κ2) is 8.55. The molecule has 1 aromatic carbocycles. The average Bonchev–Trinajstić information content (AvgIpc) is 3.34. The smallest absolute Gasteiger partial charge is 0.229 e. The monoisotopic (exact) mass is 469 g/mol. The van der Waals surface area contributed by atoms with Gasteiger partial charge in [0, 0.05) is 30.3 Å². The molecule has 0 radical (unpaired) electrons. The van der Waals surface area contributed by atoms with E-state index in [1.54, 1.807) is 12.3 Å². The molecular formula is C23H27N5O2S2. The van der Waals surface area contributed by atoms with Crippen LogP contribution in [0.15, 0.2) is 61.1 Å². The third-order valence-electron chi connectivity index (χ3n) is 5.56. The van der Waals surface area contributed by atoms with Crippen molar-refractivity contribution < 1.29 is 8.42 Å². The molecule has 1 aliphatic heterocycles. The van der Waals surface area contributed by atoms with Crippen molar-refractivity contribution in [3.05, 3.63) is 77.9 Å². The second-order valence-electron chi connectivity index (χ2n) is 8.36. The van der Waals surface area contributed by atoms with Crippen LogP contribution in [0.4, 0.5) is 11.4 Å². The number of hydrogen-bond acceptors (Lipinski definition) is 4. The number of aromatic nitrogens is 2. The van der Waals surface area contributed by atoms with Gasteiger partial charge in [0.1, 0.15) is 0 Å². The predicted octanol–water partition coefficient (Wildman–Crippen LogP) is 4.32. The van der Waals surface area contributed by atoms with Crippen molar-refractivity contribution in [2.24, 2.45) is 0 Å². The van der Waals surface area contributed by atoms with Crippen LogP contribution in [-0.4, -0.2) is 29.3 Å². The fraction of sp³-hybridized carbons (Fsp3) is 0.304. The van der Waals surface area contributed by atoms with Crippen LogP contribution in [0.25, 0.3) is 0 Å². The maximum absolute atomic E-state index is 11.7. The Bertz CT molecular complexity index is 1240. The van der Waals surface area contributed by atoms with E-state index in [2.05, 4.69) is 56.8 Å². The summed E-state index contributed by atoms with van der Waals surface area (Å²) in [7, 11) is -3.36. The van der Waals surface area contributed by atoms with Crippen molar-refractivity contribution in [1.29, 1.82) is 0 Å². The molecule has 9 heteroatoms. The molecule has 168 valence electrons. The lowest BCUT2D eigenvalue weighted by Crippen LogP contribution is -2.29. The molecule has 0 spiro atoms. The molecule has 0 amide bonds. The molecular weight excluding hydrogens is 442 g/mol. The Morgan fingerprint density at radius 1 is 1.19 bits per heavy atom. The molecule has 4 rings (SSSR count). The summed E-state index contributed by atoms with van der Waals surface area (Å²) in [4.78, 5) is 6.67. The Balaban J connectivity index is 1.78. The fourth-order valence-corrected chi connectivity index (χ4v) is 4.98. The van der Waals surface area contributed by atoms with Gasteiger partial charge in [0.25, 0.3) is 0 Å². The van der Waals surface area contributed by atoms with Gasteiger partial charge in [-0.25, -0.2) is 8.42 Å². The minimum absolute atomic E-state index is 0.106. The number of thiocarbonyl (C=S) groups is 1. The van der Waals surface area contributed by atoms with Gasteiger partial charge in [-0.1, -0.05) is 6.07 Å². The molecule has 3 aromatic rings. The molecule has 7 nitrogen and oxygen atoms in total. The number of hydrogen-bond donors (Lipinski definition) is 2. The van der Waals surface area contributed by atoms with E-state index in [4.69, 9.17) is 12.2 Å². The molecule has 3 heterocycles. The summed E-state index contributed by atoms with van der Waals surface area (Å²) in [6.45, 7) is 6.17. The van der Waals surface area contributed by atoms with Crippen LogP contribution in [0.2, 0.25) is 0 Å². The summed E-state index contributed by atoms with van der Waals surface area (Å²) in [6.07, 6.45) is 7.17. The fourth-order valence-electron chi connectivity index (χ4n) is 4.01. The summed E-state index contributed by atoms with van der Waals surface area (Å²) in [5, 5.41) is 4.06. The minimum Gasteiger partial charge on any atom is -0.351 e. The van der Waals surface area contributed by atoms with Crippen LogP contribution in [-0.2, 0) is 10.0 Å². The van der Waals surface area contributed by atoms with Crippen LogP contribution >= 0.6 is 12.2 Å². The molecule has 32 heavy (non-hydrogen) atoms. The molecule has 0 bridgehead atoms. The zero-order valence-corrected chi connectivity index (χ0v) is 20.1. The van der Waals surface area contributed by atoms with Crippen molar-refractivity contribution >= 4 is 38.7 Å². The van der Waals surface area contributed by atoms with Crippen LogP contribution in [0.5, 0.6) is 0 Å². The van der Waals surface area contributed by atoms with E-state index in [0.717, 1.165) is 28.8 Å². The lowest BCUT2D eigenvalue weighted by Gasteiger charge is -2.28. The number of nitrogens with one attached hydrogen (secondary N) is 2. The molecule has 1 fully saturated rings. The molecule has 0 saturated carbocycles. The van der Waals surface area contributed by atoms with Gasteiger partial charge in [0.2, 0.25) is 10.0 Å². The van der Waals surface area contributed by atoms with Crippen LogP contribution in [0.1, 0.15) is 48.8 Å². The van der Waals surface area contributed by atoms with Crippen molar-refractivity contribution in [3.63, 3.8) is 0 Å². The van der Waals surface area contributed by atoms with Crippen LogP contribution in [0.3, 0.4) is 0 Å². The Morgan fingerprint density at radius 2 is 1.97 bits per heavy atom. The van der Waals surface area contributed by atoms with Crippen molar-refractivity contribution in [3.8, 4) is 0 Å². The van der Waals surface area contributed by atoms with Gasteiger partial charge in [0.05, 0.1) is 29.7 Å². The molecule has 1 aliphatic rings. The molecule has 0 unspecified atom stereocenters. The number of rotatable bonds is 6. The highest BCUT2D eigenvalue weighted by Gasteiger charge is 2.41. The number of aryl methyl sites for hydroxylation is 1. The Morgan fingerprint density at radius 3 is 2.56 bits per heavy atom. The van der Waals surface area contributed by atoms with Gasteiger partial charge in [-0.3, -0.25) is 9.71 Å². The maximum Gasteiger partial charge on any atom is 0.229 e. The predicted molar refractivity (Wildman–Crippen MR) is 132 cm³/mol. The third kappa shape index (κ3) is 4.49. The molecule has 2 N–H and O–H groups in total. The Labute approximate surface area is 194 Å². The van der Waals surface area contributed by atoms with Gasteiger partial charge in [0.15, 0.2) is 5.11 Å². The normalized spacial score (nSPS) is 18.8. The van der Waals surface area contributed by atoms with Crippen molar-refractivity contribution in [2.75, 3.05) is 15.9 Å².